The summed E-state index contributed by atoms with van der Waals surface area (Å²) in [6.07, 6.45) is 2.13. The van der Waals surface area contributed by atoms with E-state index in [-0.39, 0.29) is 18.5 Å². The van der Waals surface area contributed by atoms with Crippen LogP contribution in [0.2, 0.25) is 0 Å². The van der Waals surface area contributed by atoms with Gasteiger partial charge in [0.25, 0.3) is 5.91 Å². The highest BCUT2D eigenvalue weighted by molar-refractivity contribution is 5.96. The number of carbonyl (C=O) groups is 2. The van der Waals surface area contributed by atoms with Gasteiger partial charge in [-0.05, 0) is 78.9 Å². The van der Waals surface area contributed by atoms with Gasteiger partial charge in [0.1, 0.15) is 5.78 Å². The number of fused-ring (bicyclic) bond motifs is 1. The predicted molar refractivity (Wildman–Crippen MR) is 142 cm³/mol. The average molecular weight is 497 g/mol. The van der Waals surface area contributed by atoms with Crippen LogP contribution in [0.5, 0.6) is 11.5 Å². The summed E-state index contributed by atoms with van der Waals surface area (Å²) in [6.45, 7) is 5.66. The highest BCUT2D eigenvalue weighted by Gasteiger charge is 2.50. The molecule has 2 heterocycles. The van der Waals surface area contributed by atoms with Crippen LogP contribution in [0.1, 0.15) is 39.9 Å². The summed E-state index contributed by atoms with van der Waals surface area (Å²) in [7, 11) is 2.09. The zero-order valence-electron chi connectivity index (χ0n) is 21.5. The Hall–Kier alpha value is -3.64. The standard InChI is InChI=1S/C31H32N2O4/c1-21-3-4-22(18-29(34)31(11-12-31)25-9-10-27-28(19-25)37-20-36-27)17-26(21)23-5-7-24(8-6-23)30(35)33-15-13-32(2)14-16-33/h3-10,17,19H,11-16,18,20H2,1-2H3. The molecule has 1 aliphatic carbocycles. The van der Waals surface area contributed by atoms with Crippen molar-refractivity contribution < 1.29 is 19.1 Å². The SMILES string of the molecule is Cc1ccc(CC(=O)C2(c3ccc4c(c3)OCO4)CC2)cc1-c1ccc(C(=O)N2CCN(C)CC2)cc1. The molecule has 2 aliphatic heterocycles. The maximum atomic E-state index is 13.5. The van der Waals surface area contributed by atoms with Crippen LogP contribution in [0.3, 0.4) is 0 Å². The molecule has 0 spiro atoms. The first-order valence-electron chi connectivity index (χ1n) is 13.0. The Morgan fingerprint density at radius 3 is 2.32 bits per heavy atom. The van der Waals surface area contributed by atoms with Gasteiger partial charge >= 0.3 is 0 Å². The molecule has 6 heteroatoms. The Morgan fingerprint density at radius 1 is 0.865 bits per heavy atom. The smallest absolute Gasteiger partial charge is 0.253 e. The van der Waals surface area contributed by atoms with Crippen molar-refractivity contribution in [2.75, 3.05) is 40.0 Å². The normalized spacial score (nSPS) is 18.1. The van der Waals surface area contributed by atoms with Gasteiger partial charge in [-0.15, -0.1) is 0 Å². The van der Waals surface area contributed by atoms with Crippen molar-refractivity contribution in [3.63, 3.8) is 0 Å². The van der Waals surface area contributed by atoms with Crippen LogP contribution in [-0.2, 0) is 16.6 Å². The first-order valence-corrected chi connectivity index (χ1v) is 13.0. The number of ketones is 1. The van der Waals surface area contributed by atoms with Gasteiger partial charge in [-0.3, -0.25) is 9.59 Å². The number of nitrogens with zero attached hydrogens (tertiary/aromatic N) is 2. The summed E-state index contributed by atoms with van der Waals surface area (Å²) in [6, 6.07) is 20.0. The van der Waals surface area contributed by atoms with E-state index in [2.05, 4.69) is 37.1 Å². The molecule has 6 nitrogen and oxygen atoms in total. The first-order chi connectivity index (χ1) is 17.9. The lowest BCUT2D eigenvalue weighted by molar-refractivity contribution is -0.120. The molecule has 37 heavy (non-hydrogen) atoms. The molecule has 2 fully saturated rings. The number of piperazine rings is 1. The van der Waals surface area contributed by atoms with E-state index in [1.165, 1.54) is 0 Å². The molecule has 0 unspecified atom stereocenters. The molecule has 1 saturated heterocycles. The largest absolute Gasteiger partial charge is 0.454 e. The van der Waals surface area contributed by atoms with Crippen molar-refractivity contribution in [3.05, 3.63) is 82.9 Å². The van der Waals surface area contributed by atoms with E-state index < -0.39 is 5.41 Å². The van der Waals surface area contributed by atoms with Crippen molar-refractivity contribution >= 4 is 11.7 Å². The Bertz CT molecular complexity index is 1350. The lowest BCUT2D eigenvalue weighted by Gasteiger charge is -2.32. The first kappa shape index (κ1) is 23.7. The second-order valence-corrected chi connectivity index (χ2v) is 10.6. The molecule has 190 valence electrons. The molecule has 3 aromatic carbocycles. The number of carbonyl (C=O) groups excluding carboxylic acids is 2. The highest BCUT2D eigenvalue weighted by atomic mass is 16.7. The summed E-state index contributed by atoms with van der Waals surface area (Å²) < 4.78 is 11.0. The van der Waals surface area contributed by atoms with Gasteiger partial charge < -0.3 is 19.3 Å². The van der Waals surface area contributed by atoms with Gasteiger partial charge in [-0.1, -0.05) is 36.4 Å². The topological polar surface area (TPSA) is 59.1 Å². The van der Waals surface area contributed by atoms with Crippen LogP contribution in [0, 0.1) is 6.92 Å². The van der Waals surface area contributed by atoms with Crippen molar-refractivity contribution in [1.82, 2.24) is 9.80 Å². The molecular formula is C31H32N2O4. The van der Waals surface area contributed by atoms with E-state index in [4.69, 9.17) is 9.47 Å². The van der Waals surface area contributed by atoms with Crippen LogP contribution in [0.4, 0.5) is 0 Å². The monoisotopic (exact) mass is 496 g/mol. The van der Waals surface area contributed by atoms with Gasteiger partial charge in [0.2, 0.25) is 6.79 Å². The number of aryl methyl sites for hydroxylation is 1. The molecule has 1 amide bonds. The third kappa shape index (κ3) is 4.51. The molecule has 0 aromatic heterocycles. The fourth-order valence-corrected chi connectivity index (χ4v) is 5.48. The molecule has 0 N–H and O–H groups in total. The molecule has 3 aliphatic rings. The predicted octanol–water partition coefficient (Wildman–Crippen LogP) is 4.62. The summed E-state index contributed by atoms with van der Waals surface area (Å²) in [5, 5.41) is 0. The van der Waals surface area contributed by atoms with Crippen LogP contribution < -0.4 is 9.47 Å². The minimum absolute atomic E-state index is 0.0916. The molecule has 0 atom stereocenters. The van der Waals surface area contributed by atoms with Crippen molar-refractivity contribution in [2.45, 2.75) is 31.6 Å². The molecule has 6 rings (SSSR count). The summed E-state index contributed by atoms with van der Waals surface area (Å²) in [5.41, 5.74) is 5.63. The Kier molecular flexibility index (Phi) is 6.00. The van der Waals surface area contributed by atoms with Gasteiger partial charge in [-0.25, -0.2) is 0 Å². The number of likely N-dealkylation sites (N-methyl/N-ethyl adjacent to an activating group) is 1. The van der Waals surface area contributed by atoms with Crippen LogP contribution in [0.25, 0.3) is 11.1 Å². The molecule has 3 aromatic rings. The maximum Gasteiger partial charge on any atom is 0.253 e. The quantitative estimate of drug-likeness (QED) is 0.498. The number of hydrogen-bond acceptors (Lipinski definition) is 5. The lowest BCUT2D eigenvalue weighted by atomic mass is 9.87. The second kappa shape index (κ2) is 9.34. The molecule has 0 radical (unpaired) electrons. The number of amides is 1. The second-order valence-electron chi connectivity index (χ2n) is 10.6. The van der Waals surface area contributed by atoms with E-state index in [9.17, 15) is 9.59 Å². The van der Waals surface area contributed by atoms with E-state index in [1.54, 1.807) is 0 Å². The van der Waals surface area contributed by atoms with Crippen molar-refractivity contribution in [3.8, 4) is 22.6 Å². The number of benzene rings is 3. The summed E-state index contributed by atoms with van der Waals surface area (Å²) in [4.78, 5) is 30.6. The minimum Gasteiger partial charge on any atom is -0.454 e. The van der Waals surface area contributed by atoms with Crippen LogP contribution in [0.15, 0.2) is 60.7 Å². The maximum absolute atomic E-state index is 13.5. The fraction of sp³-hybridized carbons (Fsp3) is 0.355. The molecule has 1 saturated carbocycles. The molecular weight excluding hydrogens is 464 g/mol. The summed E-state index contributed by atoms with van der Waals surface area (Å²) >= 11 is 0. The third-order valence-electron chi connectivity index (χ3n) is 8.11. The highest BCUT2D eigenvalue weighted by Crippen LogP contribution is 2.51. The fourth-order valence-electron chi connectivity index (χ4n) is 5.48. The number of Topliss-reactive ketones (excluding diaryl/α,β-unsaturated/α-hetero) is 1. The van der Waals surface area contributed by atoms with Gasteiger partial charge in [0.05, 0.1) is 5.41 Å². The number of ether oxygens (including phenoxy) is 2. The zero-order valence-corrected chi connectivity index (χ0v) is 21.5. The number of hydrogen-bond donors (Lipinski definition) is 0. The lowest BCUT2D eigenvalue weighted by Crippen LogP contribution is -2.47. The van der Waals surface area contributed by atoms with E-state index in [0.717, 1.165) is 83.9 Å². The zero-order chi connectivity index (χ0) is 25.6. The number of rotatable bonds is 6. The van der Waals surface area contributed by atoms with Crippen LogP contribution in [-0.4, -0.2) is 61.5 Å². The van der Waals surface area contributed by atoms with Gasteiger partial charge in [-0.2, -0.15) is 0 Å². The third-order valence-corrected chi connectivity index (χ3v) is 8.11. The Morgan fingerprint density at radius 2 is 1.59 bits per heavy atom. The van der Waals surface area contributed by atoms with Crippen LogP contribution >= 0.6 is 0 Å². The van der Waals surface area contributed by atoms with Crippen molar-refractivity contribution in [1.29, 1.82) is 0 Å². The van der Waals surface area contributed by atoms with Crippen molar-refractivity contribution in [2.24, 2.45) is 0 Å². The summed E-state index contributed by atoms with van der Waals surface area (Å²) in [5.74, 6) is 1.80. The molecule has 0 bridgehead atoms. The van der Waals surface area contributed by atoms with Gasteiger partial charge in [0.15, 0.2) is 11.5 Å². The van der Waals surface area contributed by atoms with E-state index >= 15 is 0 Å². The average Bonchev–Trinajstić information content (AvgIpc) is 3.60. The minimum atomic E-state index is -0.419. The Labute approximate surface area is 217 Å². The van der Waals surface area contributed by atoms with Gasteiger partial charge in [0, 0.05) is 38.2 Å². The Balaban J connectivity index is 1.18. The van der Waals surface area contributed by atoms with E-state index in [0.29, 0.717) is 6.42 Å². The van der Waals surface area contributed by atoms with E-state index in [1.807, 2.05) is 47.4 Å².